The van der Waals surface area contributed by atoms with Crippen LogP contribution in [0.3, 0.4) is 0 Å². The van der Waals surface area contributed by atoms with Crippen molar-refractivity contribution in [1.82, 2.24) is 0 Å². The standard InChI is InChI=1S/C10H15N/c1-8(2)11-10-7-5-4-6-9(10)3/h5,7H,4,6H2,1-3H3. The van der Waals surface area contributed by atoms with Gasteiger partial charge in [-0.1, -0.05) is 6.08 Å². The van der Waals surface area contributed by atoms with Gasteiger partial charge >= 0.3 is 0 Å². The van der Waals surface area contributed by atoms with E-state index in [0.717, 1.165) is 11.4 Å². The fraction of sp³-hybridized carbons (Fsp3) is 0.500. The molecule has 0 atom stereocenters. The van der Waals surface area contributed by atoms with Crippen LogP contribution < -0.4 is 0 Å². The summed E-state index contributed by atoms with van der Waals surface area (Å²) in [6, 6.07) is 0. The van der Waals surface area contributed by atoms with Gasteiger partial charge in [-0.15, -0.1) is 0 Å². The van der Waals surface area contributed by atoms with Gasteiger partial charge in [0.2, 0.25) is 0 Å². The summed E-state index contributed by atoms with van der Waals surface area (Å²) >= 11 is 0. The first kappa shape index (κ1) is 8.25. The van der Waals surface area contributed by atoms with E-state index in [1.165, 1.54) is 18.4 Å². The van der Waals surface area contributed by atoms with E-state index in [2.05, 4.69) is 24.1 Å². The van der Waals surface area contributed by atoms with E-state index in [1.807, 2.05) is 13.8 Å². The molecule has 1 nitrogen and oxygen atoms in total. The molecule has 0 aromatic heterocycles. The molecule has 0 N–H and O–H groups in total. The quantitative estimate of drug-likeness (QED) is 0.508. The van der Waals surface area contributed by atoms with Crippen molar-refractivity contribution in [2.45, 2.75) is 33.6 Å². The average molecular weight is 149 g/mol. The maximum Gasteiger partial charge on any atom is 0.0614 e. The Morgan fingerprint density at radius 2 is 2.18 bits per heavy atom. The number of nitrogens with zero attached hydrogens (tertiary/aromatic N) is 1. The molecule has 0 amide bonds. The lowest BCUT2D eigenvalue weighted by atomic mass is 10.0. The summed E-state index contributed by atoms with van der Waals surface area (Å²) < 4.78 is 0. The van der Waals surface area contributed by atoms with Crippen LogP contribution in [0.2, 0.25) is 0 Å². The third-order valence-corrected chi connectivity index (χ3v) is 1.74. The highest BCUT2D eigenvalue weighted by molar-refractivity contribution is 5.80. The van der Waals surface area contributed by atoms with Gasteiger partial charge in [0.05, 0.1) is 5.70 Å². The third kappa shape index (κ3) is 2.34. The minimum absolute atomic E-state index is 1.13. The highest BCUT2D eigenvalue weighted by Crippen LogP contribution is 2.18. The Bertz CT molecular complexity index is 227. The van der Waals surface area contributed by atoms with E-state index in [4.69, 9.17) is 0 Å². The summed E-state index contributed by atoms with van der Waals surface area (Å²) in [6.45, 7) is 6.22. The van der Waals surface area contributed by atoms with Crippen LogP contribution in [0.15, 0.2) is 28.4 Å². The molecule has 0 unspecified atom stereocenters. The molecular weight excluding hydrogens is 134 g/mol. The Labute approximate surface area is 68.5 Å². The van der Waals surface area contributed by atoms with Crippen molar-refractivity contribution >= 4 is 5.71 Å². The summed E-state index contributed by atoms with van der Waals surface area (Å²) in [7, 11) is 0. The van der Waals surface area contributed by atoms with Crippen molar-refractivity contribution in [3.63, 3.8) is 0 Å². The van der Waals surface area contributed by atoms with E-state index < -0.39 is 0 Å². The predicted molar refractivity (Wildman–Crippen MR) is 49.9 cm³/mol. The van der Waals surface area contributed by atoms with Crippen molar-refractivity contribution in [3.05, 3.63) is 23.4 Å². The lowest BCUT2D eigenvalue weighted by molar-refractivity contribution is 0.933. The molecule has 0 bridgehead atoms. The highest BCUT2D eigenvalue weighted by atomic mass is 14.7. The first-order valence-corrected chi connectivity index (χ1v) is 4.08. The minimum Gasteiger partial charge on any atom is -0.259 e. The first-order valence-electron chi connectivity index (χ1n) is 4.08. The SMILES string of the molecule is CC(C)=NC1=C(C)CCC=C1. The van der Waals surface area contributed by atoms with Crippen LogP contribution in [0, 0.1) is 0 Å². The molecule has 0 aliphatic heterocycles. The van der Waals surface area contributed by atoms with Crippen LogP contribution in [0.5, 0.6) is 0 Å². The van der Waals surface area contributed by atoms with E-state index >= 15 is 0 Å². The van der Waals surface area contributed by atoms with Crippen molar-refractivity contribution in [2.24, 2.45) is 4.99 Å². The molecule has 0 radical (unpaired) electrons. The minimum atomic E-state index is 1.13. The molecule has 11 heavy (non-hydrogen) atoms. The van der Waals surface area contributed by atoms with Gasteiger partial charge < -0.3 is 0 Å². The van der Waals surface area contributed by atoms with Crippen LogP contribution in [0.4, 0.5) is 0 Å². The fourth-order valence-electron chi connectivity index (χ4n) is 1.14. The van der Waals surface area contributed by atoms with E-state index in [0.29, 0.717) is 0 Å². The smallest absolute Gasteiger partial charge is 0.0614 e. The lowest BCUT2D eigenvalue weighted by Crippen LogP contribution is -1.91. The van der Waals surface area contributed by atoms with Gasteiger partial charge in [-0.05, 0) is 45.3 Å². The molecule has 0 fully saturated rings. The van der Waals surface area contributed by atoms with Gasteiger partial charge in [0.15, 0.2) is 0 Å². The molecule has 1 aliphatic carbocycles. The van der Waals surface area contributed by atoms with E-state index in [9.17, 15) is 0 Å². The summed E-state index contributed by atoms with van der Waals surface area (Å²) in [5.74, 6) is 0. The van der Waals surface area contributed by atoms with Crippen LogP contribution in [-0.4, -0.2) is 5.71 Å². The second-order valence-electron chi connectivity index (χ2n) is 3.17. The predicted octanol–water partition coefficient (Wildman–Crippen LogP) is 3.09. The first-order chi connectivity index (χ1) is 5.20. The third-order valence-electron chi connectivity index (χ3n) is 1.74. The number of rotatable bonds is 1. The van der Waals surface area contributed by atoms with Crippen molar-refractivity contribution < 1.29 is 0 Å². The zero-order chi connectivity index (χ0) is 8.27. The van der Waals surface area contributed by atoms with E-state index in [1.54, 1.807) is 0 Å². The second kappa shape index (κ2) is 3.51. The Morgan fingerprint density at radius 1 is 1.45 bits per heavy atom. The number of aliphatic imine (C=N–C) groups is 1. The fourth-order valence-corrected chi connectivity index (χ4v) is 1.14. The molecule has 0 aromatic carbocycles. The Hall–Kier alpha value is -0.850. The van der Waals surface area contributed by atoms with Crippen molar-refractivity contribution in [1.29, 1.82) is 0 Å². The summed E-state index contributed by atoms with van der Waals surface area (Å²) in [5, 5.41) is 0. The van der Waals surface area contributed by atoms with Gasteiger partial charge in [-0.3, -0.25) is 4.99 Å². The summed E-state index contributed by atoms with van der Waals surface area (Å²) in [6.07, 6.45) is 6.65. The molecule has 0 spiro atoms. The van der Waals surface area contributed by atoms with Gasteiger partial charge in [-0.2, -0.15) is 0 Å². The zero-order valence-corrected chi connectivity index (χ0v) is 7.52. The molecule has 1 aliphatic rings. The van der Waals surface area contributed by atoms with Crippen molar-refractivity contribution in [2.75, 3.05) is 0 Å². The second-order valence-corrected chi connectivity index (χ2v) is 3.17. The van der Waals surface area contributed by atoms with Crippen LogP contribution in [0.1, 0.15) is 33.6 Å². The summed E-state index contributed by atoms with van der Waals surface area (Å²) in [4.78, 5) is 4.43. The van der Waals surface area contributed by atoms with Gasteiger partial charge in [-0.25, -0.2) is 0 Å². The molecule has 0 saturated carbocycles. The molecular formula is C10H15N. The monoisotopic (exact) mass is 149 g/mol. The molecule has 0 saturated heterocycles. The largest absolute Gasteiger partial charge is 0.259 e. The van der Waals surface area contributed by atoms with Crippen LogP contribution >= 0.6 is 0 Å². The lowest BCUT2D eigenvalue weighted by Gasteiger charge is -2.07. The molecule has 0 aromatic rings. The molecule has 1 heteroatoms. The van der Waals surface area contributed by atoms with Crippen LogP contribution in [0.25, 0.3) is 0 Å². The molecule has 0 heterocycles. The van der Waals surface area contributed by atoms with E-state index in [-0.39, 0.29) is 0 Å². The normalized spacial score (nSPS) is 17.0. The maximum absolute atomic E-state index is 4.43. The summed E-state index contributed by atoms with van der Waals surface area (Å²) in [5.41, 5.74) is 3.70. The Kier molecular flexibility index (Phi) is 2.64. The number of hydrogen-bond acceptors (Lipinski definition) is 1. The average Bonchev–Trinajstić information content (AvgIpc) is 1.93. The van der Waals surface area contributed by atoms with Crippen LogP contribution in [-0.2, 0) is 0 Å². The zero-order valence-electron chi connectivity index (χ0n) is 7.52. The molecule has 60 valence electrons. The van der Waals surface area contributed by atoms with Gasteiger partial charge in [0.25, 0.3) is 0 Å². The Morgan fingerprint density at radius 3 is 2.73 bits per heavy atom. The number of hydrogen-bond donors (Lipinski definition) is 0. The topological polar surface area (TPSA) is 12.4 Å². The molecule has 1 rings (SSSR count). The number of allylic oxidation sites excluding steroid dienone is 3. The Balaban J connectivity index is 2.85. The van der Waals surface area contributed by atoms with Gasteiger partial charge in [0, 0.05) is 5.71 Å². The van der Waals surface area contributed by atoms with Crippen molar-refractivity contribution in [3.8, 4) is 0 Å². The van der Waals surface area contributed by atoms with Gasteiger partial charge in [0.1, 0.15) is 0 Å². The highest BCUT2D eigenvalue weighted by Gasteiger charge is 2.01. The maximum atomic E-state index is 4.43.